The molecule has 1 fully saturated rings. The first-order chi connectivity index (χ1) is 8.18. The summed E-state index contributed by atoms with van der Waals surface area (Å²) in [5, 5.41) is 0. The first-order valence-corrected chi connectivity index (χ1v) is 5.75. The van der Waals surface area contributed by atoms with Crippen LogP contribution < -0.4 is 4.74 Å². The van der Waals surface area contributed by atoms with Crippen LogP contribution in [0.3, 0.4) is 0 Å². The third-order valence-electron chi connectivity index (χ3n) is 2.76. The molecule has 1 amide bonds. The van der Waals surface area contributed by atoms with Crippen molar-refractivity contribution in [3.63, 3.8) is 0 Å². The van der Waals surface area contributed by atoms with Gasteiger partial charge in [-0.3, -0.25) is 9.59 Å². The number of para-hydroxylation sites is 1. The molecular weight excluding hydrogens is 218 g/mol. The molecule has 0 atom stereocenters. The van der Waals surface area contributed by atoms with Gasteiger partial charge in [0.25, 0.3) is 5.91 Å². The Balaban J connectivity index is 2.24. The Hall–Kier alpha value is -1.84. The first-order valence-electron chi connectivity index (χ1n) is 5.75. The fourth-order valence-corrected chi connectivity index (χ4v) is 1.98. The standard InChI is InChI=1S/C13H15NO3/c1-10(15)17-12-7-3-2-6-11(12)13(16)14-8-4-5-9-14/h2-3,6-7H,4-5,8-9H2,1H3. The van der Waals surface area contributed by atoms with Crippen LogP contribution in [-0.4, -0.2) is 29.9 Å². The van der Waals surface area contributed by atoms with Crippen LogP contribution in [-0.2, 0) is 4.79 Å². The van der Waals surface area contributed by atoms with E-state index in [1.807, 2.05) is 0 Å². The van der Waals surface area contributed by atoms with Gasteiger partial charge in [0.2, 0.25) is 0 Å². The number of hydrogen-bond donors (Lipinski definition) is 0. The van der Waals surface area contributed by atoms with Crippen LogP contribution in [0.4, 0.5) is 0 Å². The molecule has 17 heavy (non-hydrogen) atoms. The van der Waals surface area contributed by atoms with E-state index in [-0.39, 0.29) is 5.91 Å². The number of amides is 1. The zero-order valence-corrected chi connectivity index (χ0v) is 9.81. The molecule has 0 N–H and O–H groups in total. The number of likely N-dealkylation sites (tertiary alicyclic amines) is 1. The summed E-state index contributed by atoms with van der Waals surface area (Å²) in [5.41, 5.74) is 0.463. The Morgan fingerprint density at radius 3 is 2.47 bits per heavy atom. The Morgan fingerprint density at radius 2 is 1.82 bits per heavy atom. The smallest absolute Gasteiger partial charge is 0.308 e. The molecule has 2 rings (SSSR count). The summed E-state index contributed by atoms with van der Waals surface area (Å²) in [7, 11) is 0. The summed E-state index contributed by atoms with van der Waals surface area (Å²) in [6.07, 6.45) is 2.09. The van der Waals surface area contributed by atoms with Crippen LogP contribution in [0.25, 0.3) is 0 Å². The molecule has 0 saturated carbocycles. The molecule has 0 unspecified atom stereocenters. The minimum absolute atomic E-state index is 0.0562. The molecule has 1 aliphatic rings. The van der Waals surface area contributed by atoms with Crippen molar-refractivity contribution in [2.45, 2.75) is 19.8 Å². The Labute approximate surface area is 100 Å². The molecule has 0 spiro atoms. The maximum Gasteiger partial charge on any atom is 0.308 e. The van der Waals surface area contributed by atoms with Crippen molar-refractivity contribution in [2.75, 3.05) is 13.1 Å². The van der Waals surface area contributed by atoms with Gasteiger partial charge in [0.05, 0.1) is 5.56 Å². The van der Waals surface area contributed by atoms with E-state index in [0.717, 1.165) is 25.9 Å². The lowest BCUT2D eigenvalue weighted by atomic mass is 10.2. The number of esters is 1. The monoisotopic (exact) mass is 233 g/mol. The molecule has 0 bridgehead atoms. The van der Waals surface area contributed by atoms with E-state index in [9.17, 15) is 9.59 Å². The number of benzene rings is 1. The third kappa shape index (κ3) is 2.64. The second-order valence-electron chi connectivity index (χ2n) is 4.09. The molecule has 1 aromatic rings. The number of hydrogen-bond acceptors (Lipinski definition) is 3. The highest BCUT2D eigenvalue weighted by Gasteiger charge is 2.22. The Morgan fingerprint density at radius 1 is 1.18 bits per heavy atom. The quantitative estimate of drug-likeness (QED) is 0.578. The van der Waals surface area contributed by atoms with Gasteiger partial charge in [0, 0.05) is 20.0 Å². The molecule has 1 aromatic carbocycles. The number of carbonyl (C=O) groups excluding carboxylic acids is 2. The zero-order chi connectivity index (χ0) is 12.3. The molecule has 1 saturated heterocycles. The van der Waals surface area contributed by atoms with Crippen molar-refractivity contribution in [2.24, 2.45) is 0 Å². The second kappa shape index (κ2) is 4.99. The average Bonchev–Trinajstić information content (AvgIpc) is 2.81. The SMILES string of the molecule is CC(=O)Oc1ccccc1C(=O)N1CCCC1. The van der Waals surface area contributed by atoms with Gasteiger partial charge in [-0.25, -0.2) is 0 Å². The lowest BCUT2D eigenvalue weighted by Crippen LogP contribution is -2.28. The van der Waals surface area contributed by atoms with Gasteiger partial charge >= 0.3 is 5.97 Å². The number of rotatable bonds is 2. The molecule has 1 aliphatic heterocycles. The fraction of sp³-hybridized carbons (Fsp3) is 0.385. The van der Waals surface area contributed by atoms with Crippen LogP contribution in [0.1, 0.15) is 30.1 Å². The summed E-state index contributed by atoms with van der Waals surface area (Å²) in [5.74, 6) is -0.122. The minimum atomic E-state index is -0.410. The van der Waals surface area contributed by atoms with Gasteiger partial charge in [-0.1, -0.05) is 12.1 Å². The van der Waals surface area contributed by atoms with E-state index in [1.165, 1.54) is 6.92 Å². The zero-order valence-electron chi connectivity index (χ0n) is 9.81. The highest BCUT2D eigenvalue weighted by molar-refractivity contribution is 5.97. The molecule has 0 radical (unpaired) electrons. The molecule has 4 nitrogen and oxygen atoms in total. The lowest BCUT2D eigenvalue weighted by molar-refractivity contribution is -0.131. The van der Waals surface area contributed by atoms with E-state index in [1.54, 1.807) is 29.2 Å². The van der Waals surface area contributed by atoms with Crippen molar-refractivity contribution in [1.29, 1.82) is 0 Å². The highest BCUT2D eigenvalue weighted by Crippen LogP contribution is 2.22. The maximum atomic E-state index is 12.2. The normalized spacial score (nSPS) is 14.8. The van der Waals surface area contributed by atoms with Crippen molar-refractivity contribution >= 4 is 11.9 Å². The third-order valence-corrected chi connectivity index (χ3v) is 2.76. The summed E-state index contributed by atoms with van der Waals surface area (Å²) >= 11 is 0. The summed E-state index contributed by atoms with van der Waals surface area (Å²) in [6, 6.07) is 6.86. The summed E-state index contributed by atoms with van der Waals surface area (Å²) in [4.78, 5) is 24.9. The molecule has 1 heterocycles. The summed E-state index contributed by atoms with van der Waals surface area (Å²) < 4.78 is 5.04. The van der Waals surface area contributed by atoms with E-state index in [2.05, 4.69) is 0 Å². The van der Waals surface area contributed by atoms with E-state index in [4.69, 9.17) is 4.74 Å². The van der Waals surface area contributed by atoms with Crippen molar-refractivity contribution in [3.8, 4) is 5.75 Å². The van der Waals surface area contributed by atoms with E-state index >= 15 is 0 Å². The van der Waals surface area contributed by atoms with Crippen LogP contribution in [0.5, 0.6) is 5.75 Å². The minimum Gasteiger partial charge on any atom is -0.426 e. The van der Waals surface area contributed by atoms with Gasteiger partial charge in [0.15, 0.2) is 0 Å². The van der Waals surface area contributed by atoms with Gasteiger partial charge < -0.3 is 9.64 Å². The van der Waals surface area contributed by atoms with Crippen molar-refractivity contribution in [3.05, 3.63) is 29.8 Å². The highest BCUT2D eigenvalue weighted by atomic mass is 16.5. The van der Waals surface area contributed by atoms with Crippen LogP contribution >= 0.6 is 0 Å². The molecular formula is C13H15NO3. The largest absolute Gasteiger partial charge is 0.426 e. The Bertz CT molecular complexity index is 436. The number of carbonyl (C=O) groups is 2. The van der Waals surface area contributed by atoms with Crippen molar-refractivity contribution < 1.29 is 14.3 Å². The van der Waals surface area contributed by atoms with Crippen LogP contribution in [0.15, 0.2) is 24.3 Å². The number of nitrogens with zero attached hydrogens (tertiary/aromatic N) is 1. The molecule has 90 valence electrons. The second-order valence-corrected chi connectivity index (χ2v) is 4.09. The van der Waals surface area contributed by atoms with Gasteiger partial charge in [-0.15, -0.1) is 0 Å². The molecule has 4 heteroatoms. The van der Waals surface area contributed by atoms with E-state index < -0.39 is 5.97 Å². The lowest BCUT2D eigenvalue weighted by Gasteiger charge is -2.16. The Kier molecular flexibility index (Phi) is 3.42. The fourth-order valence-electron chi connectivity index (χ4n) is 1.98. The van der Waals surface area contributed by atoms with Crippen LogP contribution in [0.2, 0.25) is 0 Å². The molecule has 0 aliphatic carbocycles. The maximum absolute atomic E-state index is 12.2. The van der Waals surface area contributed by atoms with Crippen LogP contribution in [0, 0.1) is 0 Å². The van der Waals surface area contributed by atoms with E-state index in [0.29, 0.717) is 11.3 Å². The first kappa shape index (κ1) is 11.6. The van der Waals surface area contributed by atoms with Crippen molar-refractivity contribution in [1.82, 2.24) is 4.90 Å². The topological polar surface area (TPSA) is 46.6 Å². The summed E-state index contributed by atoms with van der Waals surface area (Å²) in [6.45, 7) is 2.90. The van der Waals surface area contributed by atoms with Gasteiger partial charge in [-0.05, 0) is 25.0 Å². The average molecular weight is 233 g/mol. The van der Waals surface area contributed by atoms with Gasteiger partial charge in [-0.2, -0.15) is 0 Å². The number of ether oxygens (including phenoxy) is 1. The van der Waals surface area contributed by atoms with Gasteiger partial charge in [0.1, 0.15) is 5.75 Å². The predicted molar refractivity (Wildman–Crippen MR) is 62.9 cm³/mol. The molecule has 0 aromatic heterocycles. The predicted octanol–water partition coefficient (Wildman–Crippen LogP) is 1.85.